The Hall–Kier alpha value is -2.39. The van der Waals surface area contributed by atoms with Crippen molar-refractivity contribution < 1.29 is 32.0 Å². The van der Waals surface area contributed by atoms with E-state index in [0.29, 0.717) is 24.3 Å². The Balaban J connectivity index is 0.000000463. The molecule has 0 saturated carbocycles. The van der Waals surface area contributed by atoms with E-state index in [1.165, 1.54) is 18.6 Å². The second kappa shape index (κ2) is 17.2. The first kappa shape index (κ1) is 29.6. The van der Waals surface area contributed by atoms with Gasteiger partial charge in [-0.15, -0.1) is 0 Å². The Labute approximate surface area is 188 Å². The Morgan fingerprint density at radius 1 is 1.22 bits per heavy atom. The van der Waals surface area contributed by atoms with Gasteiger partial charge < -0.3 is 19.3 Å². The van der Waals surface area contributed by atoms with Crippen LogP contribution in [-0.2, 0) is 10.9 Å². The van der Waals surface area contributed by atoms with Crippen LogP contribution in [0.2, 0.25) is 0 Å². The molecule has 32 heavy (non-hydrogen) atoms. The van der Waals surface area contributed by atoms with Gasteiger partial charge in [-0.2, -0.15) is 13.2 Å². The SMILES string of the molecule is CCCOCCC(C)CNC.CCOc1cccc(C(F)(F)F)c1.Cc1cc(C=O)no1. The van der Waals surface area contributed by atoms with E-state index < -0.39 is 11.7 Å². The molecule has 9 heteroatoms. The highest BCUT2D eigenvalue weighted by atomic mass is 19.4. The fraction of sp³-hybridized carbons (Fsp3) is 0.565. The molecule has 2 aromatic rings. The summed E-state index contributed by atoms with van der Waals surface area (Å²) in [5, 5.41) is 6.54. The number of nitrogens with zero attached hydrogens (tertiary/aromatic N) is 1. The summed E-state index contributed by atoms with van der Waals surface area (Å²) in [4.78, 5) is 9.90. The number of carbonyl (C=O) groups excluding carboxylic acids is 1. The predicted molar refractivity (Wildman–Crippen MR) is 118 cm³/mol. The molecule has 0 aliphatic carbocycles. The summed E-state index contributed by atoms with van der Waals surface area (Å²) in [7, 11) is 1.99. The van der Waals surface area contributed by atoms with E-state index in [1.807, 2.05) is 7.05 Å². The monoisotopic (exact) mass is 460 g/mol. The van der Waals surface area contributed by atoms with Crippen molar-refractivity contribution >= 4 is 6.29 Å². The van der Waals surface area contributed by atoms with Crippen LogP contribution in [0.25, 0.3) is 0 Å². The van der Waals surface area contributed by atoms with Crippen molar-refractivity contribution in [1.29, 1.82) is 0 Å². The zero-order chi connectivity index (χ0) is 24.4. The molecular weight excluding hydrogens is 425 g/mol. The van der Waals surface area contributed by atoms with E-state index in [4.69, 9.17) is 9.47 Å². The second-order valence-corrected chi connectivity index (χ2v) is 7.00. The molecule has 0 spiro atoms. The van der Waals surface area contributed by atoms with E-state index >= 15 is 0 Å². The average molecular weight is 461 g/mol. The highest BCUT2D eigenvalue weighted by Gasteiger charge is 2.30. The first-order valence-corrected chi connectivity index (χ1v) is 10.6. The first-order chi connectivity index (χ1) is 15.2. The molecule has 0 amide bonds. The summed E-state index contributed by atoms with van der Waals surface area (Å²) < 4.78 is 51.3. The number of hydrogen-bond acceptors (Lipinski definition) is 6. The van der Waals surface area contributed by atoms with E-state index in [1.54, 1.807) is 19.9 Å². The third-order valence-electron chi connectivity index (χ3n) is 3.90. The van der Waals surface area contributed by atoms with Crippen LogP contribution in [-0.4, -0.2) is 44.9 Å². The van der Waals surface area contributed by atoms with Gasteiger partial charge in [0.05, 0.1) is 12.2 Å². The third-order valence-corrected chi connectivity index (χ3v) is 3.90. The van der Waals surface area contributed by atoms with Gasteiger partial charge in [-0.1, -0.05) is 25.1 Å². The zero-order valence-electron chi connectivity index (χ0n) is 19.5. The van der Waals surface area contributed by atoms with Crippen molar-refractivity contribution in [3.63, 3.8) is 0 Å². The minimum atomic E-state index is -4.30. The molecule has 1 N–H and O–H groups in total. The van der Waals surface area contributed by atoms with Crippen LogP contribution in [0, 0.1) is 12.8 Å². The maximum Gasteiger partial charge on any atom is 0.416 e. The molecule has 0 radical (unpaired) electrons. The van der Waals surface area contributed by atoms with Crippen LogP contribution in [0.15, 0.2) is 34.9 Å². The lowest BCUT2D eigenvalue weighted by Crippen LogP contribution is -2.17. The Morgan fingerprint density at radius 2 is 1.94 bits per heavy atom. The molecule has 0 aliphatic rings. The molecule has 1 heterocycles. The van der Waals surface area contributed by atoms with Gasteiger partial charge in [0.1, 0.15) is 17.2 Å². The standard InChI is InChI=1S/C9H9F3O.C9H21NO.C5H5NO2/c1-2-13-8-5-3-4-7(6-8)9(10,11)12;1-4-6-11-7-5-9(2)8-10-3;1-4-2-5(3-7)6-8-4/h3-6H,2H2,1H3;9-10H,4-8H2,1-3H3;2-3H,1H3. The Morgan fingerprint density at radius 3 is 2.41 bits per heavy atom. The number of rotatable bonds is 10. The minimum absolute atomic E-state index is 0.248. The Bertz CT molecular complexity index is 736. The van der Waals surface area contributed by atoms with Gasteiger partial charge in [0.25, 0.3) is 0 Å². The van der Waals surface area contributed by atoms with Gasteiger partial charge in [0, 0.05) is 19.3 Å². The number of halogens is 3. The van der Waals surface area contributed by atoms with Crippen LogP contribution in [0.3, 0.4) is 0 Å². The fourth-order valence-electron chi connectivity index (χ4n) is 2.35. The smallest absolute Gasteiger partial charge is 0.416 e. The molecule has 0 aliphatic heterocycles. The van der Waals surface area contributed by atoms with Crippen LogP contribution in [0.1, 0.15) is 55.4 Å². The number of aromatic nitrogens is 1. The van der Waals surface area contributed by atoms with Gasteiger partial charge >= 0.3 is 6.18 Å². The molecule has 2 rings (SSSR count). The molecule has 1 aromatic heterocycles. The van der Waals surface area contributed by atoms with Gasteiger partial charge in [0.2, 0.25) is 0 Å². The topological polar surface area (TPSA) is 73.6 Å². The first-order valence-electron chi connectivity index (χ1n) is 10.6. The molecule has 1 unspecified atom stereocenters. The lowest BCUT2D eigenvalue weighted by molar-refractivity contribution is -0.137. The summed E-state index contributed by atoms with van der Waals surface area (Å²) in [6.07, 6.45) is -1.36. The molecule has 0 bridgehead atoms. The fourth-order valence-corrected chi connectivity index (χ4v) is 2.35. The van der Waals surface area contributed by atoms with Gasteiger partial charge in [0.15, 0.2) is 6.29 Å². The van der Waals surface area contributed by atoms with E-state index in [-0.39, 0.29) is 5.75 Å². The number of aldehydes is 1. The molecular formula is C23H35F3N2O4. The van der Waals surface area contributed by atoms with Crippen molar-refractivity contribution in [3.05, 3.63) is 47.3 Å². The number of ether oxygens (including phenoxy) is 2. The maximum absolute atomic E-state index is 12.2. The highest BCUT2D eigenvalue weighted by Crippen LogP contribution is 2.31. The molecule has 0 saturated heterocycles. The second-order valence-electron chi connectivity index (χ2n) is 7.00. The van der Waals surface area contributed by atoms with Crippen LogP contribution in [0.4, 0.5) is 13.2 Å². The van der Waals surface area contributed by atoms with Gasteiger partial charge in [-0.25, -0.2) is 0 Å². The molecule has 1 aromatic carbocycles. The van der Waals surface area contributed by atoms with E-state index in [2.05, 4.69) is 28.8 Å². The van der Waals surface area contributed by atoms with Crippen molar-refractivity contribution in [2.75, 3.05) is 33.4 Å². The average Bonchev–Trinajstić information content (AvgIpc) is 3.18. The zero-order valence-corrected chi connectivity index (χ0v) is 19.5. The number of alkyl halides is 3. The third kappa shape index (κ3) is 14.6. The van der Waals surface area contributed by atoms with Crippen LogP contribution >= 0.6 is 0 Å². The van der Waals surface area contributed by atoms with Crippen molar-refractivity contribution in [2.45, 2.75) is 46.7 Å². The molecule has 1 atom stereocenters. The number of hydrogen-bond donors (Lipinski definition) is 1. The molecule has 6 nitrogen and oxygen atoms in total. The lowest BCUT2D eigenvalue weighted by atomic mass is 10.1. The predicted octanol–water partition coefficient (Wildman–Crippen LogP) is 5.56. The van der Waals surface area contributed by atoms with Crippen LogP contribution in [0.5, 0.6) is 5.75 Å². The summed E-state index contributed by atoms with van der Waals surface area (Å²) in [5.41, 5.74) is -0.332. The number of aryl methyl sites for hydroxylation is 1. The molecule has 0 fully saturated rings. The van der Waals surface area contributed by atoms with E-state index in [9.17, 15) is 18.0 Å². The lowest BCUT2D eigenvalue weighted by Gasteiger charge is -2.09. The summed E-state index contributed by atoms with van der Waals surface area (Å²) in [5.74, 6) is 1.64. The van der Waals surface area contributed by atoms with Gasteiger partial charge in [-0.05, 0) is 64.4 Å². The highest BCUT2D eigenvalue weighted by molar-refractivity contribution is 5.71. The van der Waals surface area contributed by atoms with Crippen molar-refractivity contribution in [1.82, 2.24) is 10.5 Å². The van der Waals surface area contributed by atoms with Gasteiger partial charge in [-0.3, -0.25) is 4.79 Å². The van der Waals surface area contributed by atoms with E-state index in [0.717, 1.165) is 44.2 Å². The maximum atomic E-state index is 12.2. The summed E-state index contributed by atoms with van der Waals surface area (Å²) in [6, 6.07) is 6.41. The number of nitrogens with one attached hydrogen (secondary N) is 1. The number of carbonyl (C=O) groups is 1. The quantitative estimate of drug-likeness (QED) is 0.370. The largest absolute Gasteiger partial charge is 0.494 e. The van der Waals surface area contributed by atoms with Crippen molar-refractivity contribution in [2.24, 2.45) is 5.92 Å². The Kier molecular flexibility index (Phi) is 15.9. The molecule has 182 valence electrons. The normalized spacial score (nSPS) is 11.5. The van der Waals surface area contributed by atoms with Crippen molar-refractivity contribution in [3.8, 4) is 5.75 Å². The summed E-state index contributed by atoms with van der Waals surface area (Å²) in [6.45, 7) is 11.1. The number of benzene rings is 1. The van der Waals surface area contributed by atoms with Crippen LogP contribution < -0.4 is 10.1 Å². The minimum Gasteiger partial charge on any atom is -0.494 e. The summed E-state index contributed by atoms with van der Waals surface area (Å²) >= 11 is 0.